The summed E-state index contributed by atoms with van der Waals surface area (Å²) in [5.41, 5.74) is 10.00. The minimum atomic E-state index is 0.631. The van der Waals surface area contributed by atoms with Crippen LogP contribution >= 0.6 is 15.9 Å². The lowest BCUT2D eigenvalue weighted by Crippen LogP contribution is -2.19. The second-order valence-corrected chi connectivity index (χ2v) is 8.87. The zero-order valence-corrected chi connectivity index (χ0v) is 21.0. The molecule has 174 valence electrons. The van der Waals surface area contributed by atoms with E-state index in [1.165, 1.54) is 0 Å². The number of nitrogens with one attached hydrogen (secondary N) is 1. The lowest BCUT2D eigenvalue weighted by molar-refractivity contribution is 0.340. The minimum Gasteiger partial charge on any atom is -0.497 e. The lowest BCUT2D eigenvalue weighted by Gasteiger charge is -2.10. The van der Waals surface area contributed by atoms with E-state index in [1.54, 1.807) is 7.11 Å². The van der Waals surface area contributed by atoms with E-state index in [0.29, 0.717) is 12.4 Å². The summed E-state index contributed by atoms with van der Waals surface area (Å²) in [6.07, 6.45) is 0. The highest BCUT2D eigenvalue weighted by Gasteiger charge is 2.18. The standard InChI is InChI=1S/C29H24BrN3O2/c1-3-35-25-15-10-22(11-16-25)29-31-27-17-12-23(30)18-26(27)28(32-33-29)21-6-4-19(5-7-21)20-8-13-24(34-2)14-9-20/h4-18H,3H2,1-2H3,(H,31,33). The first-order valence-electron chi connectivity index (χ1n) is 11.3. The highest BCUT2D eigenvalue weighted by atomic mass is 79.9. The molecule has 4 aromatic rings. The van der Waals surface area contributed by atoms with Gasteiger partial charge in [-0.2, -0.15) is 5.10 Å². The molecule has 0 radical (unpaired) electrons. The quantitative estimate of drug-likeness (QED) is 0.296. The fourth-order valence-corrected chi connectivity index (χ4v) is 4.30. The van der Waals surface area contributed by atoms with Crippen LogP contribution in [0.3, 0.4) is 0 Å². The Morgan fingerprint density at radius 1 is 0.743 bits per heavy atom. The van der Waals surface area contributed by atoms with Gasteiger partial charge in [-0.15, -0.1) is 0 Å². The monoisotopic (exact) mass is 525 g/mol. The molecule has 5 nitrogen and oxygen atoms in total. The lowest BCUT2D eigenvalue weighted by atomic mass is 9.98. The van der Waals surface area contributed by atoms with E-state index >= 15 is 0 Å². The van der Waals surface area contributed by atoms with Crippen LogP contribution in [0.5, 0.6) is 11.5 Å². The minimum absolute atomic E-state index is 0.631. The zero-order chi connectivity index (χ0) is 24.2. The second kappa shape index (κ2) is 10.2. The summed E-state index contributed by atoms with van der Waals surface area (Å²) >= 11 is 3.60. The SMILES string of the molecule is CCOc1ccc(C2=Nc3ccc(Br)cc3C(c3ccc(-c4ccc(OC)cc4)cc3)=NN2)cc1. The van der Waals surface area contributed by atoms with Gasteiger partial charge in [0.1, 0.15) is 17.2 Å². The molecule has 0 aromatic heterocycles. The van der Waals surface area contributed by atoms with Crippen molar-refractivity contribution >= 4 is 33.2 Å². The van der Waals surface area contributed by atoms with E-state index in [9.17, 15) is 0 Å². The summed E-state index contributed by atoms with van der Waals surface area (Å²) in [5, 5.41) is 4.78. The fourth-order valence-electron chi connectivity index (χ4n) is 3.94. The third-order valence-electron chi connectivity index (χ3n) is 5.74. The molecule has 6 heteroatoms. The van der Waals surface area contributed by atoms with Gasteiger partial charge in [-0.3, -0.25) is 5.43 Å². The van der Waals surface area contributed by atoms with Crippen LogP contribution in [0, 0.1) is 0 Å². The summed E-state index contributed by atoms with van der Waals surface area (Å²) in [4.78, 5) is 4.90. The predicted molar refractivity (Wildman–Crippen MR) is 145 cm³/mol. The van der Waals surface area contributed by atoms with Gasteiger partial charge < -0.3 is 9.47 Å². The third kappa shape index (κ3) is 4.98. The summed E-state index contributed by atoms with van der Waals surface area (Å²) < 4.78 is 11.8. The Balaban J connectivity index is 1.49. The Labute approximate surface area is 213 Å². The normalized spacial score (nSPS) is 12.5. The molecule has 1 N–H and O–H groups in total. The maximum absolute atomic E-state index is 5.57. The van der Waals surface area contributed by atoms with Crippen LogP contribution in [0.2, 0.25) is 0 Å². The van der Waals surface area contributed by atoms with Crippen LogP contribution in [-0.4, -0.2) is 25.3 Å². The van der Waals surface area contributed by atoms with Crippen molar-refractivity contribution in [3.63, 3.8) is 0 Å². The number of aliphatic imine (C=N–C) groups is 1. The van der Waals surface area contributed by atoms with Crippen molar-refractivity contribution in [3.05, 3.63) is 112 Å². The molecular formula is C29H24BrN3O2. The van der Waals surface area contributed by atoms with Crippen molar-refractivity contribution in [2.75, 3.05) is 13.7 Å². The Morgan fingerprint density at radius 3 is 2.00 bits per heavy atom. The summed E-state index contributed by atoms with van der Waals surface area (Å²) in [7, 11) is 1.67. The van der Waals surface area contributed by atoms with Crippen molar-refractivity contribution in [2.24, 2.45) is 10.1 Å². The van der Waals surface area contributed by atoms with Gasteiger partial charge in [0.25, 0.3) is 0 Å². The van der Waals surface area contributed by atoms with Crippen molar-refractivity contribution < 1.29 is 9.47 Å². The molecular weight excluding hydrogens is 502 g/mol. The van der Waals surface area contributed by atoms with Gasteiger partial charge in [0.05, 0.1) is 19.4 Å². The molecule has 5 rings (SSSR count). The maximum Gasteiger partial charge on any atom is 0.154 e. The van der Waals surface area contributed by atoms with Gasteiger partial charge in [-0.1, -0.05) is 52.3 Å². The molecule has 0 saturated heterocycles. The molecule has 0 aliphatic carbocycles. The van der Waals surface area contributed by atoms with Crippen molar-refractivity contribution in [1.29, 1.82) is 0 Å². The van der Waals surface area contributed by atoms with Gasteiger partial charge in [0.2, 0.25) is 0 Å². The predicted octanol–water partition coefficient (Wildman–Crippen LogP) is 6.96. The number of rotatable bonds is 6. The molecule has 0 unspecified atom stereocenters. The van der Waals surface area contributed by atoms with Crippen LogP contribution in [0.25, 0.3) is 11.1 Å². The van der Waals surface area contributed by atoms with Crippen molar-refractivity contribution in [2.45, 2.75) is 6.92 Å². The number of hydrazone groups is 1. The molecule has 1 aliphatic heterocycles. The third-order valence-corrected chi connectivity index (χ3v) is 6.23. The van der Waals surface area contributed by atoms with Crippen LogP contribution in [0.15, 0.2) is 106 Å². The molecule has 0 amide bonds. The molecule has 0 fully saturated rings. The summed E-state index contributed by atoms with van der Waals surface area (Å²) in [6.45, 7) is 2.60. The van der Waals surface area contributed by atoms with Gasteiger partial charge in [-0.25, -0.2) is 4.99 Å². The van der Waals surface area contributed by atoms with Gasteiger partial charge >= 0.3 is 0 Å². The average Bonchev–Trinajstić information content (AvgIpc) is 3.09. The number of methoxy groups -OCH3 is 1. The van der Waals surface area contributed by atoms with E-state index in [1.807, 2.05) is 55.5 Å². The van der Waals surface area contributed by atoms with Crippen LogP contribution in [0.1, 0.15) is 23.6 Å². The summed E-state index contributed by atoms with van der Waals surface area (Å²) in [5.74, 6) is 2.35. The molecule has 1 aliphatic rings. The number of halogens is 1. The molecule has 0 saturated carbocycles. The van der Waals surface area contributed by atoms with Crippen LogP contribution in [-0.2, 0) is 0 Å². The number of hydrogen-bond acceptors (Lipinski definition) is 5. The maximum atomic E-state index is 5.57. The van der Waals surface area contributed by atoms with Crippen LogP contribution < -0.4 is 14.9 Å². The Morgan fingerprint density at radius 2 is 1.34 bits per heavy atom. The smallest absolute Gasteiger partial charge is 0.154 e. The topological polar surface area (TPSA) is 55.2 Å². The van der Waals surface area contributed by atoms with Gasteiger partial charge in [0, 0.05) is 21.2 Å². The van der Waals surface area contributed by atoms with Crippen LogP contribution in [0.4, 0.5) is 5.69 Å². The first kappa shape index (κ1) is 22.9. The largest absolute Gasteiger partial charge is 0.497 e. The Kier molecular flexibility index (Phi) is 6.64. The first-order chi connectivity index (χ1) is 17.1. The summed E-state index contributed by atoms with van der Waals surface area (Å²) in [6, 6.07) is 30.4. The van der Waals surface area contributed by atoms with E-state index < -0.39 is 0 Å². The van der Waals surface area contributed by atoms with Gasteiger partial charge in [0.15, 0.2) is 5.84 Å². The first-order valence-corrected chi connectivity index (χ1v) is 12.1. The number of benzene rings is 4. The van der Waals surface area contributed by atoms with E-state index in [0.717, 1.165) is 55.2 Å². The van der Waals surface area contributed by atoms with E-state index in [2.05, 4.69) is 63.8 Å². The molecule has 1 heterocycles. The number of hydrogen-bond donors (Lipinski definition) is 1. The van der Waals surface area contributed by atoms with E-state index in [-0.39, 0.29) is 0 Å². The Bertz CT molecular complexity index is 1390. The van der Waals surface area contributed by atoms with Gasteiger partial charge in [-0.05, 0) is 72.6 Å². The van der Waals surface area contributed by atoms with E-state index in [4.69, 9.17) is 19.6 Å². The number of fused-ring (bicyclic) bond motifs is 1. The zero-order valence-electron chi connectivity index (χ0n) is 19.5. The highest BCUT2D eigenvalue weighted by molar-refractivity contribution is 9.10. The molecule has 35 heavy (non-hydrogen) atoms. The van der Waals surface area contributed by atoms with Crippen molar-refractivity contribution in [3.8, 4) is 22.6 Å². The number of ether oxygens (including phenoxy) is 2. The number of amidine groups is 1. The molecule has 4 aromatic carbocycles. The number of nitrogens with zero attached hydrogens (tertiary/aromatic N) is 2. The second-order valence-electron chi connectivity index (χ2n) is 7.96. The fraction of sp³-hybridized carbons (Fsp3) is 0.103. The molecule has 0 spiro atoms. The molecule has 0 atom stereocenters. The van der Waals surface area contributed by atoms with Crippen molar-refractivity contribution in [1.82, 2.24) is 5.43 Å². The Hall–Kier alpha value is -3.90. The highest BCUT2D eigenvalue weighted by Crippen LogP contribution is 2.30. The average molecular weight is 526 g/mol. The molecule has 0 bridgehead atoms.